The first-order chi connectivity index (χ1) is 20.9. The molecule has 222 valence electrons. The second-order valence-corrected chi connectivity index (χ2v) is 13.0. The van der Waals surface area contributed by atoms with Crippen molar-refractivity contribution in [1.29, 1.82) is 0 Å². The van der Waals surface area contributed by atoms with Crippen molar-refractivity contribution in [2.24, 2.45) is 0 Å². The van der Waals surface area contributed by atoms with Crippen molar-refractivity contribution in [3.63, 3.8) is 0 Å². The maximum Gasteiger partial charge on any atom is 0.196 e. The molecule has 0 aliphatic rings. The van der Waals surface area contributed by atoms with Gasteiger partial charge >= 0.3 is 0 Å². The van der Waals surface area contributed by atoms with Gasteiger partial charge in [0.15, 0.2) is 11.6 Å². The normalized spacial score (nSPS) is 11.6. The standard InChI is InChI=1S/C40H38O4/c1-39(2,3)29-19-15-27(16-20-29)37(41)33-11-7-9-13-35(33)43-31-23-25-32(26-24-31)44-36-14-10-8-12-34(36)38(42)28-17-21-30(22-18-28)40(4,5)6/h7-26H,1-6H3. The Morgan fingerprint density at radius 1 is 0.432 bits per heavy atom. The van der Waals surface area contributed by atoms with Gasteiger partial charge in [0.25, 0.3) is 0 Å². The maximum atomic E-state index is 13.4. The average Bonchev–Trinajstić information content (AvgIpc) is 3.01. The number of carbonyl (C=O) groups is 2. The summed E-state index contributed by atoms with van der Waals surface area (Å²) in [6.07, 6.45) is 0. The molecule has 0 amide bonds. The van der Waals surface area contributed by atoms with E-state index in [2.05, 4.69) is 41.5 Å². The number of rotatable bonds is 8. The lowest BCUT2D eigenvalue weighted by molar-refractivity contribution is 0.102. The zero-order valence-electron chi connectivity index (χ0n) is 26.2. The van der Waals surface area contributed by atoms with Crippen LogP contribution in [0.2, 0.25) is 0 Å². The minimum absolute atomic E-state index is 0.00838. The van der Waals surface area contributed by atoms with E-state index in [0.717, 1.165) is 0 Å². The van der Waals surface area contributed by atoms with Crippen LogP contribution in [-0.4, -0.2) is 11.6 Å². The summed E-state index contributed by atoms with van der Waals surface area (Å²) in [7, 11) is 0. The van der Waals surface area contributed by atoms with Crippen LogP contribution in [0.5, 0.6) is 23.0 Å². The van der Waals surface area contributed by atoms with Gasteiger partial charge in [0.2, 0.25) is 0 Å². The van der Waals surface area contributed by atoms with Gasteiger partial charge < -0.3 is 9.47 Å². The summed E-state index contributed by atoms with van der Waals surface area (Å²) in [4.78, 5) is 26.8. The Labute approximate surface area is 260 Å². The van der Waals surface area contributed by atoms with Gasteiger partial charge in [-0.15, -0.1) is 0 Å². The first-order valence-corrected chi connectivity index (χ1v) is 14.8. The van der Waals surface area contributed by atoms with Crippen LogP contribution in [0.15, 0.2) is 121 Å². The lowest BCUT2D eigenvalue weighted by atomic mass is 9.86. The first-order valence-electron chi connectivity index (χ1n) is 14.8. The van der Waals surface area contributed by atoms with Crippen molar-refractivity contribution >= 4 is 11.6 Å². The van der Waals surface area contributed by atoms with Crippen molar-refractivity contribution in [2.75, 3.05) is 0 Å². The number of ether oxygens (including phenoxy) is 2. The van der Waals surface area contributed by atoms with E-state index < -0.39 is 0 Å². The largest absolute Gasteiger partial charge is 0.457 e. The topological polar surface area (TPSA) is 52.6 Å². The molecule has 0 fully saturated rings. The Kier molecular flexibility index (Phi) is 8.55. The highest BCUT2D eigenvalue weighted by Gasteiger charge is 2.19. The SMILES string of the molecule is CC(C)(C)c1ccc(C(=O)c2ccccc2Oc2ccc(Oc3ccccc3C(=O)c3ccc(C(C)(C)C)cc3)cc2)cc1. The molecule has 44 heavy (non-hydrogen) atoms. The van der Waals surface area contributed by atoms with E-state index in [-0.39, 0.29) is 22.4 Å². The smallest absolute Gasteiger partial charge is 0.196 e. The Morgan fingerprint density at radius 2 is 0.750 bits per heavy atom. The van der Waals surface area contributed by atoms with Gasteiger partial charge in [0.1, 0.15) is 23.0 Å². The number of hydrogen-bond donors (Lipinski definition) is 0. The van der Waals surface area contributed by atoms with Crippen molar-refractivity contribution in [1.82, 2.24) is 0 Å². The fourth-order valence-electron chi connectivity index (χ4n) is 4.87. The Morgan fingerprint density at radius 3 is 1.07 bits per heavy atom. The molecule has 0 atom stereocenters. The lowest BCUT2D eigenvalue weighted by Crippen LogP contribution is -2.11. The number of benzene rings is 5. The monoisotopic (exact) mass is 582 g/mol. The highest BCUT2D eigenvalue weighted by Crippen LogP contribution is 2.32. The van der Waals surface area contributed by atoms with E-state index in [4.69, 9.17) is 9.47 Å². The molecule has 0 aliphatic carbocycles. The van der Waals surface area contributed by atoms with Crippen LogP contribution in [-0.2, 0) is 10.8 Å². The Bertz CT molecular complexity index is 1630. The summed E-state index contributed by atoms with van der Waals surface area (Å²) in [6.45, 7) is 12.9. The summed E-state index contributed by atoms with van der Waals surface area (Å²) in [5.41, 5.74) is 4.54. The van der Waals surface area contributed by atoms with Gasteiger partial charge in [-0.25, -0.2) is 0 Å². The van der Waals surface area contributed by atoms with Crippen LogP contribution in [0.1, 0.15) is 84.5 Å². The molecule has 0 aliphatic heterocycles. The van der Waals surface area contributed by atoms with Crippen molar-refractivity contribution < 1.29 is 19.1 Å². The van der Waals surface area contributed by atoms with Crippen molar-refractivity contribution in [3.8, 4) is 23.0 Å². The number of hydrogen-bond acceptors (Lipinski definition) is 4. The quantitative estimate of drug-likeness (QED) is 0.171. The highest BCUT2D eigenvalue weighted by molar-refractivity contribution is 6.11. The molecule has 0 aromatic heterocycles. The molecular formula is C40H38O4. The number of para-hydroxylation sites is 2. The summed E-state index contributed by atoms with van der Waals surface area (Å²) in [5.74, 6) is 1.86. The van der Waals surface area contributed by atoms with Gasteiger partial charge in [-0.1, -0.05) is 114 Å². The van der Waals surface area contributed by atoms with E-state index >= 15 is 0 Å². The maximum absolute atomic E-state index is 13.4. The Hall–Kier alpha value is -4.96. The summed E-state index contributed by atoms with van der Waals surface area (Å²) >= 11 is 0. The minimum Gasteiger partial charge on any atom is -0.457 e. The molecule has 5 aromatic carbocycles. The molecule has 0 heterocycles. The predicted molar refractivity (Wildman–Crippen MR) is 177 cm³/mol. The van der Waals surface area contributed by atoms with Crippen molar-refractivity contribution in [2.45, 2.75) is 52.4 Å². The third-order valence-electron chi connectivity index (χ3n) is 7.57. The summed E-state index contributed by atoms with van der Waals surface area (Å²) in [5, 5.41) is 0. The van der Waals surface area contributed by atoms with Gasteiger partial charge in [-0.2, -0.15) is 0 Å². The average molecular weight is 583 g/mol. The lowest BCUT2D eigenvalue weighted by Gasteiger charge is -2.19. The predicted octanol–water partition coefficient (Wildman–Crippen LogP) is 10.3. The van der Waals surface area contributed by atoms with Gasteiger partial charge in [0, 0.05) is 11.1 Å². The van der Waals surface area contributed by atoms with Crippen molar-refractivity contribution in [3.05, 3.63) is 155 Å². The van der Waals surface area contributed by atoms with E-state index in [1.54, 1.807) is 48.5 Å². The van der Waals surface area contributed by atoms with Crippen LogP contribution >= 0.6 is 0 Å². The van der Waals surface area contributed by atoms with E-state index in [1.807, 2.05) is 72.8 Å². The second-order valence-electron chi connectivity index (χ2n) is 13.0. The van der Waals surface area contributed by atoms with E-state index in [1.165, 1.54) is 11.1 Å². The first kappa shape index (κ1) is 30.5. The third kappa shape index (κ3) is 6.98. The summed E-state index contributed by atoms with van der Waals surface area (Å²) in [6, 6.07) is 37.1. The fraction of sp³-hybridized carbons (Fsp3) is 0.200. The van der Waals surface area contributed by atoms with Gasteiger partial charge in [0.05, 0.1) is 11.1 Å². The van der Waals surface area contributed by atoms with Crippen LogP contribution in [0.4, 0.5) is 0 Å². The molecule has 4 nitrogen and oxygen atoms in total. The zero-order valence-corrected chi connectivity index (χ0v) is 26.2. The van der Waals surface area contributed by atoms with E-state index in [9.17, 15) is 9.59 Å². The Balaban J connectivity index is 1.31. The molecule has 0 bridgehead atoms. The van der Waals surface area contributed by atoms with Gasteiger partial charge in [-0.05, 0) is 70.5 Å². The second kappa shape index (κ2) is 12.3. The molecule has 0 saturated heterocycles. The van der Waals surface area contributed by atoms with E-state index in [0.29, 0.717) is 45.3 Å². The minimum atomic E-state index is -0.102. The molecule has 0 saturated carbocycles. The van der Waals surface area contributed by atoms with Crippen LogP contribution in [0.3, 0.4) is 0 Å². The fourth-order valence-corrected chi connectivity index (χ4v) is 4.87. The van der Waals surface area contributed by atoms with Crippen LogP contribution in [0, 0.1) is 0 Å². The molecule has 0 N–H and O–H groups in total. The summed E-state index contributed by atoms with van der Waals surface area (Å²) < 4.78 is 12.3. The van der Waals surface area contributed by atoms with Crippen LogP contribution < -0.4 is 9.47 Å². The molecule has 5 rings (SSSR count). The molecular weight excluding hydrogens is 544 g/mol. The molecule has 4 heteroatoms. The molecule has 5 aromatic rings. The highest BCUT2D eigenvalue weighted by atomic mass is 16.5. The molecule has 0 unspecified atom stereocenters. The molecule has 0 spiro atoms. The van der Waals surface area contributed by atoms with Crippen LogP contribution in [0.25, 0.3) is 0 Å². The van der Waals surface area contributed by atoms with Gasteiger partial charge in [-0.3, -0.25) is 9.59 Å². The number of carbonyl (C=O) groups excluding carboxylic acids is 2. The number of ketones is 2. The third-order valence-corrected chi connectivity index (χ3v) is 7.57. The zero-order chi connectivity index (χ0) is 31.5. The molecule has 0 radical (unpaired) electrons.